The van der Waals surface area contributed by atoms with Gasteiger partial charge in [-0.05, 0) is 25.7 Å². The largest absolute Gasteiger partial charge is 3.00 e. The second-order valence-electron chi connectivity index (χ2n) is 2.10. The van der Waals surface area contributed by atoms with Gasteiger partial charge in [0, 0.05) is 0 Å². The van der Waals surface area contributed by atoms with Crippen molar-refractivity contribution in [2.24, 2.45) is 0 Å². The minimum absolute atomic E-state index is 0. The molecule has 0 unspecified atom stereocenters. The Kier molecular flexibility index (Phi) is 34.5. The van der Waals surface area contributed by atoms with Gasteiger partial charge in [0.15, 0.2) is 0 Å². The summed E-state index contributed by atoms with van der Waals surface area (Å²) < 4.78 is 0. The minimum Gasteiger partial charge on any atom is -1.00 e. The predicted molar refractivity (Wildman–Crippen MR) is 36.7 cm³/mol. The molecule has 0 aromatic rings. The summed E-state index contributed by atoms with van der Waals surface area (Å²) in [5.74, 6) is 0. The first-order valence-electron chi connectivity index (χ1n) is 3.30. The van der Waals surface area contributed by atoms with Gasteiger partial charge in [0.05, 0.1) is 0 Å². The first-order chi connectivity index (χ1) is 4.00. The van der Waals surface area contributed by atoms with E-state index in [1.54, 1.807) is 0 Å². The van der Waals surface area contributed by atoms with Crippen molar-refractivity contribution >= 4 is 0 Å². The normalized spacial score (nSPS) is 18.7. The van der Waals surface area contributed by atoms with Crippen LogP contribution in [0.3, 0.4) is 0 Å². The van der Waals surface area contributed by atoms with E-state index in [4.69, 9.17) is 0 Å². The third-order valence-corrected chi connectivity index (χ3v) is 1.33. The summed E-state index contributed by atoms with van der Waals surface area (Å²) in [4.78, 5) is 0. The smallest absolute Gasteiger partial charge is 1.00 e. The maximum absolute atomic E-state index is 2.27. The fraction of sp³-hybridized carbons (Fsp3) is 0.500. The summed E-state index contributed by atoms with van der Waals surface area (Å²) in [5, 5.41) is 0. The Morgan fingerprint density at radius 2 is 0.667 bits per heavy atom. The van der Waals surface area contributed by atoms with Crippen LogP contribution in [0.1, 0.15) is 25.7 Å². The van der Waals surface area contributed by atoms with Gasteiger partial charge in [-0.1, -0.05) is 24.3 Å². The molecule has 0 fully saturated rings. The van der Waals surface area contributed by atoms with Crippen LogP contribution in [0.25, 0.3) is 0 Å². The van der Waals surface area contributed by atoms with Crippen molar-refractivity contribution in [2.45, 2.75) is 25.7 Å². The molecule has 0 spiro atoms. The van der Waals surface area contributed by atoms with E-state index in [0.29, 0.717) is 0 Å². The zero-order valence-corrected chi connectivity index (χ0v) is 11.3. The molecule has 0 atom stereocenters. The van der Waals surface area contributed by atoms with Crippen molar-refractivity contribution in [3.05, 3.63) is 24.3 Å². The van der Waals surface area contributed by atoms with E-state index >= 15 is 0 Å². The van der Waals surface area contributed by atoms with Gasteiger partial charge < -0.3 is 37.2 Å². The zero-order valence-electron chi connectivity index (χ0n) is 6.61. The van der Waals surface area contributed by atoms with Gasteiger partial charge in [-0.3, -0.25) is 0 Å². The van der Waals surface area contributed by atoms with Crippen LogP contribution in [-0.2, 0) is 20.1 Å². The van der Waals surface area contributed by atoms with Crippen molar-refractivity contribution < 1.29 is 57.3 Å². The molecule has 0 radical (unpaired) electrons. The molecule has 0 nitrogen and oxygen atoms in total. The maximum atomic E-state index is 2.27. The Morgan fingerprint density at radius 1 is 0.500 bits per heavy atom. The molecule has 0 bridgehead atoms. The third kappa shape index (κ3) is 13.6. The zero-order chi connectivity index (χ0) is 5.66. The number of halogens is 3. The molecule has 0 saturated carbocycles. The van der Waals surface area contributed by atoms with E-state index in [1.807, 2.05) is 0 Å². The van der Waals surface area contributed by atoms with E-state index in [2.05, 4.69) is 24.3 Å². The fourth-order valence-corrected chi connectivity index (χ4v) is 0.856. The van der Waals surface area contributed by atoms with Crippen molar-refractivity contribution in [3.63, 3.8) is 0 Å². The van der Waals surface area contributed by atoms with Crippen molar-refractivity contribution in [1.82, 2.24) is 0 Å². The van der Waals surface area contributed by atoms with Gasteiger partial charge in [0.1, 0.15) is 0 Å². The summed E-state index contributed by atoms with van der Waals surface area (Å²) in [6.07, 6.45) is 14.0. The molecule has 0 aromatic heterocycles. The van der Waals surface area contributed by atoms with E-state index in [0.717, 1.165) is 0 Å². The summed E-state index contributed by atoms with van der Waals surface area (Å²) >= 11 is 0. The number of rotatable bonds is 0. The molecule has 12 heavy (non-hydrogen) atoms. The van der Waals surface area contributed by atoms with Gasteiger partial charge in [0.2, 0.25) is 0 Å². The molecule has 4 heteroatoms. The van der Waals surface area contributed by atoms with Crippen LogP contribution in [0.4, 0.5) is 0 Å². The second-order valence-corrected chi connectivity index (χ2v) is 2.10. The summed E-state index contributed by atoms with van der Waals surface area (Å²) in [7, 11) is 0. The molecule has 1 aliphatic rings. The molecule has 0 aliphatic heterocycles. The summed E-state index contributed by atoms with van der Waals surface area (Å²) in [5.41, 5.74) is 0. The average molecular weight is 407 g/mol. The molecule has 1 rings (SSSR count). The quantitative estimate of drug-likeness (QED) is 0.351. The van der Waals surface area contributed by atoms with Gasteiger partial charge in [-0.2, -0.15) is 0 Å². The van der Waals surface area contributed by atoms with Gasteiger partial charge in [-0.15, -0.1) is 0 Å². The second kappa shape index (κ2) is 17.9. The van der Waals surface area contributed by atoms with Crippen LogP contribution in [0, 0.1) is 0 Å². The van der Waals surface area contributed by atoms with Crippen LogP contribution in [0.15, 0.2) is 24.3 Å². The number of hydrogen-bond acceptors (Lipinski definition) is 0. The van der Waals surface area contributed by atoms with Crippen LogP contribution in [0.5, 0.6) is 0 Å². The first kappa shape index (κ1) is 23.1. The Labute approximate surface area is 107 Å². The van der Waals surface area contributed by atoms with Crippen LogP contribution in [-0.4, -0.2) is 0 Å². The van der Waals surface area contributed by atoms with E-state index < -0.39 is 0 Å². The standard InChI is InChI=1S/C8H12.3ClH.Ir/c1-2-4-6-8-7-5-3-1;;;;/h1-2,7-8H,3-6H2;3*1H;/q;;;;+3/p-3/b2-1-,8-7-;;;;. The van der Waals surface area contributed by atoms with E-state index in [1.165, 1.54) is 25.7 Å². The average Bonchev–Trinajstić information content (AvgIpc) is 1.62. The van der Waals surface area contributed by atoms with Gasteiger partial charge in [-0.25, -0.2) is 0 Å². The SMILES string of the molecule is C1=C\CC/C=C\CC/1.[Cl-].[Cl-].[Cl-].[Ir+3]. The van der Waals surface area contributed by atoms with Crippen molar-refractivity contribution in [2.75, 3.05) is 0 Å². The summed E-state index contributed by atoms with van der Waals surface area (Å²) in [6, 6.07) is 0. The van der Waals surface area contributed by atoms with E-state index in [9.17, 15) is 0 Å². The van der Waals surface area contributed by atoms with Crippen LogP contribution in [0.2, 0.25) is 0 Å². The van der Waals surface area contributed by atoms with Crippen molar-refractivity contribution in [3.8, 4) is 0 Å². The summed E-state index contributed by atoms with van der Waals surface area (Å²) in [6.45, 7) is 0. The van der Waals surface area contributed by atoms with Gasteiger partial charge in [0.25, 0.3) is 0 Å². The molecule has 0 heterocycles. The number of allylic oxidation sites excluding steroid dienone is 4. The van der Waals surface area contributed by atoms with Crippen molar-refractivity contribution in [1.29, 1.82) is 0 Å². The molecule has 1 aliphatic carbocycles. The molecule has 0 saturated heterocycles. The first-order valence-corrected chi connectivity index (χ1v) is 3.30. The molecular weight excluding hydrogens is 395 g/mol. The van der Waals surface area contributed by atoms with Crippen LogP contribution >= 0.6 is 0 Å². The topological polar surface area (TPSA) is 0 Å². The monoisotopic (exact) mass is 406 g/mol. The fourth-order valence-electron chi connectivity index (χ4n) is 0.856. The Balaban J connectivity index is -0.0000000800. The Bertz CT molecular complexity index is 86.9. The molecule has 74 valence electrons. The molecule has 0 amide bonds. The van der Waals surface area contributed by atoms with Gasteiger partial charge >= 0.3 is 20.1 Å². The predicted octanol–water partition coefficient (Wildman–Crippen LogP) is -6.32. The third-order valence-electron chi connectivity index (χ3n) is 1.33. The minimum atomic E-state index is 0. The number of hydrogen-bond donors (Lipinski definition) is 0. The Morgan fingerprint density at radius 3 is 0.833 bits per heavy atom. The Hall–Kier alpha value is 0.999. The molecule has 0 aromatic carbocycles. The van der Waals surface area contributed by atoms with E-state index in [-0.39, 0.29) is 57.3 Å². The molecular formula is C8H12Cl3Ir. The van der Waals surface area contributed by atoms with Crippen LogP contribution < -0.4 is 37.2 Å². The maximum Gasteiger partial charge on any atom is 3.00 e. The molecule has 0 N–H and O–H groups in total.